The normalized spacial score (nSPS) is 19.8. The molecule has 1 unspecified atom stereocenters. The van der Waals surface area contributed by atoms with Gasteiger partial charge in [-0.15, -0.1) is 0 Å². The van der Waals surface area contributed by atoms with Gasteiger partial charge in [-0.2, -0.15) is 0 Å². The first-order chi connectivity index (χ1) is 6.74. The summed E-state index contributed by atoms with van der Waals surface area (Å²) in [4.78, 5) is 10.7. The van der Waals surface area contributed by atoms with Gasteiger partial charge >= 0.3 is 5.97 Å². The number of carbonyl (C=O) groups is 1. The third kappa shape index (κ3) is 3.64. The van der Waals surface area contributed by atoms with Crippen molar-refractivity contribution in [3.8, 4) is 0 Å². The van der Waals surface area contributed by atoms with Crippen LogP contribution in [0.3, 0.4) is 0 Å². The zero-order valence-electron chi connectivity index (χ0n) is 8.75. The Balaban J connectivity index is 2.09. The Morgan fingerprint density at radius 3 is 2.64 bits per heavy atom. The molecule has 0 heterocycles. The molecule has 3 N–H and O–H groups in total. The fourth-order valence-electron chi connectivity index (χ4n) is 1.96. The Kier molecular flexibility index (Phi) is 4.90. The molecule has 0 spiro atoms. The first-order valence-electron chi connectivity index (χ1n) is 5.35. The predicted octanol–water partition coefficient (Wildman–Crippen LogP) is 0.439. The van der Waals surface area contributed by atoms with Crippen LogP contribution >= 0.6 is 0 Å². The summed E-state index contributed by atoms with van der Waals surface area (Å²) in [6.45, 7) is 1.48. The van der Waals surface area contributed by atoms with E-state index in [-0.39, 0.29) is 0 Å². The minimum absolute atomic E-state index is 0.462. The molecule has 0 amide bonds. The number of aliphatic carboxylic acids is 1. The van der Waals surface area contributed by atoms with Gasteiger partial charge in [0.25, 0.3) is 0 Å². The van der Waals surface area contributed by atoms with Crippen molar-refractivity contribution in [3.63, 3.8) is 0 Å². The van der Waals surface area contributed by atoms with Gasteiger partial charge in [0.15, 0.2) is 0 Å². The molecule has 0 aromatic rings. The second-order valence-electron chi connectivity index (χ2n) is 3.99. The van der Waals surface area contributed by atoms with E-state index in [4.69, 9.17) is 5.11 Å². The molecule has 4 heteroatoms. The smallest absolute Gasteiger partial charge is 0.322 e. The van der Waals surface area contributed by atoms with Crippen molar-refractivity contribution >= 4 is 5.97 Å². The van der Waals surface area contributed by atoms with Crippen molar-refractivity contribution < 1.29 is 9.90 Å². The minimum atomic E-state index is -0.786. The van der Waals surface area contributed by atoms with Gasteiger partial charge in [0.1, 0.15) is 6.04 Å². The maximum Gasteiger partial charge on any atom is 0.322 e. The number of hydrogen-bond donors (Lipinski definition) is 3. The SMILES string of the molecule is CNC(CNCC1CCCC1)C(=O)O. The highest BCUT2D eigenvalue weighted by atomic mass is 16.4. The summed E-state index contributed by atoms with van der Waals surface area (Å²) in [5, 5.41) is 14.7. The molecule has 4 nitrogen and oxygen atoms in total. The highest BCUT2D eigenvalue weighted by molar-refractivity contribution is 5.73. The van der Waals surface area contributed by atoms with Gasteiger partial charge in [-0.1, -0.05) is 12.8 Å². The Morgan fingerprint density at radius 2 is 2.14 bits per heavy atom. The van der Waals surface area contributed by atoms with E-state index in [1.54, 1.807) is 7.05 Å². The number of carboxylic acids is 1. The van der Waals surface area contributed by atoms with Crippen LogP contribution in [0.1, 0.15) is 25.7 Å². The van der Waals surface area contributed by atoms with Crippen LogP contribution < -0.4 is 10.6 Å². The molecule has 1 saturated carbocycles. The fourth-order valence-corrected chi connectivity index (χ4v) is 1.96. The van der Waals surface area contributed by atoms with Gasteiger partial charge in [0.05, 0.1) is 0 Å². The van der Waals surface area contributed by atoms with Crippen molar-refractivity contribution in [2.75, 3.05) is 20.1 Å². The number of hydrogen-bond acceptors (Lipinski definition) is 3. The van der Waals surface area contributed by atoms with Crippen LogP contribution in [0.2, 0.25) is 0 Å². The summed E-state index contributed by atoms with van der Waals surface area (Å²) < 4.78 is 0. The minimum Gasteiger partial charge on any atom is -0.480 e. The standard InChI is InChI=1S/C10H20N2O2/c1-11-9(10(13)14)7-12-6-8-4-2-3-5-8/h8-9,11-12H,2-7H2,1H3,(H,13,14). The van der Waals surface area contributed by atoms with E-state index in [2.05, 4.69) is 10.6 Å². The van der Waals surface area contributed by atoms with Crippen molar-refractivity contribution in [2.45, 2.75) is 31.7 Å². The molecule has 1 aliphatic carbocycles. The number of nitrogens with one attached hydrogen (secondary N) is 2. The van der Waals surface area contributed by atoms with Gasteiger partial charge in [0.2, 0.25) is 0 Å². The maximum absolute atomic E-state index is 10.7. The quantitative estimate of drug-likeness (QED) is 0.582. The van der Waals surface area contributed by atoms with Crippen LogP contribution in [-0.2, 0) is 4.79 Å². The number of carboxylic acid groups (broad SMARTS) is 1. The van der Waals surface area contributed by atoms with Crippen LogP contribution in [0.5, 0.6) is 0 Å². The Bertz CT molecular complexity index is 179. The second kappa shape index (κ2) is 5.98. The van der Waals surface area contributed by atoms with Crippen molar-refractivity contribution in [1.82, 2.24) is 10.6 Å². The first-order valence-corrected chi connectivity index (χ1v) is 5.35. The van der Waals surface area contributed by atoms with Gasteiger partial charge in [-0.3, -0.25) is 4.79 Å². The van der Waals surface area contributed by atoms with Crippen LogP contribution in [0.15, 0.2) is 0 Å². The molecule has 0 saturated heterocycles. The molecule has 1 aliphatic rings. The Morgan fingerprint density at radius 1 is 1.50 bits per heavy atom. The monoisotopic (exact) mass is 200 g/mol. The fraction of sp³-hybridized carbons (Fsp3) is 0.900. The van der Waals surface area contributed by atoms with E-state index in [1.165, 1.54) is 25.7 Å². The summed E-state index contributed by atoms with van der Waals surface area (Å²) in [5.41, 5.74) is 0. The first kappa shape index (κ1) is 11.5. The maximum atomic E-state index is 10.7. The second-order valence-corrected chi connectivity index (χ2v) is 3.99. The summed E-state index contributed by atoms with van der Waals surface area (Å²) in [7, 11) is 1.68. The largest absolute Gasteiger partial charge is 0.480 e. The average molecular weight is 200 g/mol. The van der Waals surface area contributed by atoms with Gasteiger partial charge in [0, 0.05) is 6.54 Å². The van der Waals surface area contributed by atoms with Crippen molar-refractivity contribution in [1.29, 1.82) is 0 Å². The van der Waals surface area contributed by atoms with Crippen LogP contribution in [0.25, 0.3) is 0 Å². The number of likely N-dealkylation sites (N-methyl/N-ethyl adjacent to an activating group) is 1. The summed E-state index contributed by atoms with van der Waals surface area (Å²) in [5.74, 6) is -0.0206. The highest BCUT2D eigenvalue weighted by Crippen LogP contribution is 2.23. The molecular weight excluding hydrogens is 180 g/mol. The molecule has 0 bridgehead atoms. The van der Waals surface area contributed by atoms with E-state index < -0.39 is 12.0 Å². The van der Waals surface area contributed by atoms with E-state index >= 15 is 0 Å². The lowest BCUT2D eigenvalue weighted by Gasteiger charge is -2.14. The van der Waals surface area contributed by atoms with E-state index in [1.807, 2.05) is 0 Å². The van der Waals surface area contributed by atoms with Crippen LogP contribution in [0, 0.1) is 5.92 Å². The summed E-state index contributed by atoms with van der Waals surface area (Å²) >= 11 is 0. The van der Waals surface area contributed by atoms with Gasteiger partial charge < -0.3 is 15.7 Å². The molecule has 82 valence electrons. The third-order valence-corrected chi connectivity index (χ3v) is 2.90. The van der Waals surface area contributed by atoms with E-state index in [0.29, 0.717) is 6.54 Å². The van der Waals surface area contributed by atoms with Crippen molar-refractivity contribution in [3.05, 3.63) is 0 Å². The van der Waals surface area contributed by atoms with Gasteiger partial charge in [-0.05, 0) is 32.4 Å². The third-order valence-electron chi connectivity index (χ3n) is 2.90. The molecule has 1 fully saturated rings. The average Bonchev–Trinajstić information content (AvgIpc) is 2.64. The van der Waals surface area contributed by atoms with E-state index in [0.717, 1.165) is 12.5 Å². The Hall–Kier alpha value is -0.610. The summed E-state index contributed by atoms with van der Waals surface area (Å²) in [6.07, 6.45) is 5.26. The number of rotatable bonds is 6. The van der Waals surface area contributed by atoms with Crippen molar-refractivity contribution in [2.24, 2.45) is 5.92 Å². The highest BCUT2D eigenvalue weighted by Gasteiger charge is 2.17. The topological polar surface area (TPSA) is 61.4 Å². The molecule has 0 aliphatic heterocycles. The summed E-state index contributed by atoms with van der Waals surface area (Å²) in [6, 6.07) is -0.462. The van der Waals surface area contributed by atoms with Crippen LogP contribution in [-0.4, -0.2) is 37.3 Å². The molecule has 0 aromatic heterocycles. The van der Waals surface area contributed by atoms with Crippen LogP contribution in [0.4, 0.5) is 0 Å². The lowest BCUT2D eigenvalue weighted by atomic mass is 10.1. The lowest BCUT2D eigenvalue weighted by Crippen LogP contribution is -2.43. The zero-order valence-corrected chi connectivity index (χ0v) is 8.75. The zero-order chi connectivity index (χ0) is 10.4. The predicted molar refractivity (Wildman–Crippen MR) is 55.3 cm³/mol. The molecule has 1 rings (SSSR count). The molecule has 0 radical (unpaired) electrons. The molecule has 0 aromatic carbocycles. The van der Waals surface area contributed by atoms with E-state index in [9.17, 15) is 4.79 Å². The molecular formula is C10H20N2O2. The molecule has 1 atom stereocenters. The molecule has 14 heavy (non-hydrogen) atoms. The lowest BCUT2D eigenvalue weighted by molar-refractivity contribution is -0.139. The Labute approximate surface area is 85.1 Å². The van der Waals surface area contributed by atoms with Gasteiger partial charge in [-0.25, -0.2) is 0 Å².